The normalized spacial score (nSPS) is 12.9. The van der Waals surface area contributed by atoms with E-state index < -0.39 is 5.41 Å². The van der Waals surface area contributed by atoms with Crippen molar-refractivity contribution in [3.8, 4) is 55.6 Å². The largest absolute Gasteiger partial charge is 0.310 e. The molecule has 0 fully saturated rings. The molecule has 1 spiro atoms. The van der Waals surface area contributed by atoms with E-state index in [-0.39, 0.29) is 0 Å². The number of fused-ring (bicyclic) bond motifs is 15. The first-order chi connectivity index (χ1) is 33.3. The van der Waals surface area contributed by atoms with E-state index in [2.05, 4.69) is 254 Å². The summed E-state index contributed by atoms with van der Waals surface area (Å²) < 4.78 is 2.65. The molecule has 312 valence electrons. The van der Waals surface area contributed by atoms with Crippen LogP contribution < -0.4 is 4.90 Å². The first-order valence-corrected chi connectivity index (χ1v) is 24.0. The van der Waals surface area contributed by atoms with Gasteiger partial charge in [-0.15, -0.1) is 11.3 Å². The van der Waals surface area contributed by atoms with Gasteiger partial charge in [0.15, 0.2) is 0 Å². The highest BCUT2D eigenvalue weighted by Gasteiger charge is 2.51. The SMILES string of the molecule is c1ccc(-c2ccc(N(c3ccc(-c4c(-c5ccccc5)c5c6ccccc6sc5c5ccccc45)cc3)c3ccc4c(c3)C3(c5ccccc5-c5ccccc53)c3ccccc3-4)cc2)cc1. The number of rotatable bonds is 6. The van der Waals surface area contributed by atoms with E-state index >= 15 is 0 Å². The van der Waals surface area contributed by atoms with Crippen molar-refractivity contribution in [2.24, 2.45) is 0 Å². The fourth-order valence-electron chi connectivity index (χ4n) is 11.7. The molecule has 67 heavy (non-hydrogen) atoms. The zero-order valence-corrected chi connectivity index (χ0v) is 37.3. The van der Waals surface area contributed by atoms with E-state index in [1.54, 1.807) is 0 Å². The minimum Gasteiger partial charge on any atom is -0.310 e. The fourth-order valence-corrected chi connectivity index (χ4v) is 13.0. The van der Waals surface area contributed by atoms with E-state index in [0.717, 1.165) is 17.1 Å². The topological polar surface area (TPSA) is 3.24 Å². The summed E-state index contributed by atoms with van der Waals surface area (Å²) >= 11 is 1.90. The maximum Gasteiger partial charge on any atom is 0.0726 e. The first kappa shape index (κ1) is 38.0. The summed E-state index contributed by atoms with van der Waals surface area (Å²) in [5.74, 6) is 0. The van der Waals surface area contributed by atoms with E-state index in [1.807, 2.05) is 11.3 Å². The average molecular weight is 868 g/mol. The highest BCUT2D eigenvalue weighted by Crippen LogP contribution is 2.63. The summed E-state index contributed by atoms with van der Waals surface area (Å²) in [7, 11) is 0. The molecule has 0 saturated carbocycles. The molecule has 14 rings (SSSR count). The molecule has 2 aliphatic carbocycles. The molecule has 1 nitrogen and oxygen atoms in total. The second-order valence-electron chi connectivity index (χ2n) is 17.9. The quantitative estimate of drug-likeness (QED) is 0.161. The highest BCUT2D eigenvalue weighted by atomic mass is 32.1. The molecule has 0 aliphatic heterocycles. The van der Waals surface area contributed by atoms with Crippen molar-refractivity contribution in [3.63, 3.8) is 0 Å². The minimum atomic E-state index is -0.443. The van der Waals surface area contributed by atoms with Crippen molar-refractivity contribution < 1.29 is 0 Å². The second-order valence-corrected chi connectivity index (χ2v) is 18.9. The number of hydrogen-bond acceptors (Lipinski definition) is 2. The van der Waals surface area contributed by atoms with Gasteiger partial charge in [0.05, 0.1) is 5.41 Å². The Morgan fingerprint density at radius 2 is 0.731 bits per heavy atom. The van der Waals surface area contributed by atoms with Crippen LogP contribution in [0.3, 0.4) is 0 Å². The first-order valence-electron chi connectivity index (χ1n) is 23.2. The number of nitrogens with zero attached hydrogens (tertiary/aromatic N) is 1. The molecule has 1 aromatic heterocycles. The molecule has 2 heteroatoms. The van der Waals surface area contributed by atoms with Crippen LogP contribution in [0.15, 0.2) is 249 Å². The lowest BCUT2D eigenvalue weighted by molar-refractivity contribution is 0.793. The highest BCUT2D eigenvalue weighted by molar-refractivity contribution is 7.26. The summed E-state index contributed by atoms with van der Waals surface area (Å²) in [6.45, 7) is 0. The number of anilines is 3. The van der Waals surface area contributed by atoms with Crippen LogP contribution in [0, 0.1) is 0 Å². The molecule has 2 aliphatic rings. The molecular weight excluding hydrogens is 827 g/mol. The summed E-state index contributed by atoms with van der Waals surface area (Å²) in [6, 6.07) is 92.4. The molecule has 0 unspecified atom stereocenters. The van der Waals surface area contributed by atoms with Gasteiger partial charge < -0.3 is 4.90 Å². The van der Waals surface area contributed by atoms with Gasteiger partial charge in [-0.25, -0.2) is 0 Å². The van der Waals surface area contributed by atoms with E-state index in [9.17, 15) is 0 Å². The number of thiophene rings is 1. The second kappa shape index (κ2) is 14.9. The summed E-state index contributed by atoms with van der Waals surface area (Å²) in [4.78, 5) is 2.45. The van der Waals surface area contributed by atoms with E-state index in [0.29, 0.717) is 0 Å². The van der Waals surface area contributed by atoms with Crippen molar-refractivity contribution in [1.82, 2.24) is 0 Å². The van der Waals surface area contributed by atoms with Crippen molar-refractivity contribution >= 4 is 59.3 Å². The summed E-state index contributed by atoms with van der Waals surface area (Å²) in [5.41, 5.74) is 20.8. The third kappa shape index (κ3) is 5.54. The van der Waals surface area contributed by atoms with Gasteiger partial charge in [0.25, 0.3) is 0 Å². The lowest BCUT2D eigenvalue weighted by Gasteiger charge is -2.32. The Balaban J connectivity index is 0.991. The number of hydrogen-bond donors (Lipinski definition) is 0. The Bertz CT molecular complexity index is 3840. The van der Waals surface area contributed by atoms with Gasteiger partial charge in [-0.2, -0.15) is 0 Å². The van der Waals surface area contributed by atoms with Crippen molar-refractivity contribution in [1.29, 1.82) is 0 Å². The van der Waals surface area contributed by atoms with Crippen LogP contribution in [0.2, 0.25) is 0 Å². The molecule has 0 amide bonds. The van der Waals surface area contributed by atoms with Crippen LogP contribution >= 0.6 is 11.3 Å². The molecule has 11 aromatic carbocycles. The molecular formula is C65H41NS. The Labute approximate surface area is 394 Å². The Kier molecular flexibility index (Phi) is 8.44. The third-order valence-electron chi connectivity index (χ3n) is 14.5. The smallest absolute Gasteiger partial charge is 0.0726 e. The van der Waals surface area contributed by atoms with Crippen LogP contribution in [0.4, 0.5) is 17.1 Å². The lowest BCUT2D eigenvalue weighted by Crippen LogP contribution is -2.26. The molecule has 12 aromatic rings. The standard InChI is InChI=1S/C65H41NS/c1-3-17-42(18-4-1)43-31-35-46(36-32-43)66(48-39-40-52-51-23-11-15-29-58(51)65(59(52)41-48)56-27-13-9-21-49(56)50-22-10-14-28-57(50)65)47-37-33-45(34-38-47)61-53-24-7-8-25-54(53)64-63(55-26-12-16-30-60(55)67-64)62(61)44-19-5-2-6-20-44/h1-41H. The van der Waals surface area contributed by atoms with Gasteiger partial charge in [-0.05, 0) is 126 Å². The Morgan fingerprint density at radius 3 is 1.34 bits per heavy atom. The van der Waals surface area contributed by atoms with Crippen LogP contribution in [-0.4, -0.2) is 0 Å². The number of benzene rings is 11. The lowest BCUT2D eigenvalue weighted by atomic mass is 9.70. The summed E-state index contributed by atoms with van der Waals surface area (Å²) in [6.07, 6.45) is 0. The van der Waals surface area contributed by atoms with Crippen molar-refractivity contribution in [2.75, 3.05) is 4.90 Å². The summed E-state index contributed by atoms with van der Waals surface area (Å²) in [5, 5.41) is 5.19. The van der Waals surface area contributed by atoms with Gasteiger partial charge in [-0.3, -0.25) is 0 Å². The fraction of sp³-hybridized carbons (Fsp3) is 0.0154. The molecule has 1 heterocycles. The van der Waals surface area contributed by atoms with E-state index in [1.165, 1.54) is 109 Å². The van der Waals surface area contributed by atoms with Gasteiger partial charge in [0.1, 0.15) is 0 Å². The molecule has 0 saturated heterocycles. The Morgan fingerprint density at radius 1 is 0.299 bits per heavy atom. The van der Waals surface area contributed by atoms with Crippen LogP contribution in [0.5, 0.6) is 0 Å². The minimum absolute atomic E-state index is 0.443. The molecule has 0 radical (unpaired) electrons. The van der Waals surface area contributed by atoms with Gasteiger partial charge in [0, 0.05) is 42.6 Å². The van der Waals surface area contributed by atoms with Crippen molar-refractivity contribution in [3.05, 3.63) is 271 Å². The van der Waals surface area contributed by atoms with Crippen LogP contribution in [0.25, 0.3) is 86.6 Å². The molecule has 0 N–H and O–H groups in total. The van der Waals surface area contributed by atoms with Crippen LogP contribution in [0.1, 0.15) is 22.3 Å². The maximum atomic E-state index is 2.49. The van der Waals surface area contributed by atoms with Crippen LogP contribution in [-0.2, 0) is 5.41 Å². The van der Waals surface area contributed by atoms with Gasteiger partial charge >= 0.3 is 0 Å². The van der Waals surface area contributed by atoms with Crippen molar-refractivity contribution in [2.45, 2.75) is 5.41 Å². The zero-order valence-electron chi connectivity index (χ0n) is 36.5. The Hall–Kier alpha value is -8.30. The molecule has 0 bridgehead atoms. The third-order valence-corrected chi connectivity index (χ3v) is 15.7. The molecule has 0 atom stereocenters. The predicted octanol–water partition coefficient (Wildman–Crippen LogP) is 18.0. The van der Waals surface area contributed by atoms with Gasteiger partial charge in [-0.1, -0.05) is 206 Å². The van der Waals surface area contributed by atoms with E-state index in [4.69, 9.17) is 0 Å². The monoisotopic (exact) mass is 867 g/mol. The van der Waals surface area contributed by atoms with Gasteiger partial charge in [0.2, 0.25) is 0 Å². The zero-order chi connectivity index (χ0) is 44.1. The average Bonchev–Trinajstić information content (AvgIpc) is 4.04. The maximum absolute atomic E-state index is 2.49. The predicted molar refractivity (Wildman–Crippen MR) is 284 cm³/mol.